The molecule has 1 saturated heterocycles. The first-order chi connectivity index (χ1) is 11.8. The molecule has 2 aromatic carbocycles. The highest BCUT2D eigenvalue weighted by molar-refractivity contribution is 8.02. The highest BCUT2D eigenvalue weighted by Crippen LogP contribution is 2.33. The lowest BCUT2D eigenvalue weighted by Crippen LogP contribution is -2.15. The molecule has 3 rings (SSSR count). The van der Waals surface area contributed by atoms with Crippen molar-refractivity contribution in [3.63, 3.8) is 0 Å². The quantitative estimate of drug-likeness (QED) is 0.843. The van der Waals surface area contributed by atoms with Crippen LogP contribution < -0.4 is 5.32 Å². The number of anilines is 1. The molecule has 2 aromatic rings. The molecule has 0 bridgehead atoms. The average Bonchev–Trinajstić information content (AvgIpc) is 2.89. The Morgan fingerprint density at radius 3 is 2.68 bits per heavy atom. The smallest absolute Gasteiger partial charge is 0.256 e. The Hall–Kier alpha value is -1.57. The van der Waals surface area contributed by atoms with Crippen LogP contribution in [0.3, 0.4) is 0 Å². The largest absolute Gasteiger partial charge is 0.319 e. The van der Waals surface area contributed by atoms with Crippen LogP contribution in [-0.4, -0.2) is 31.1 Å². The van der Waals surface area contributed by atoms with Gasteiger partial charge in [-0.1, -0.05) is 23.7 Å². The van der Waals surface area contributed by atoms with Crippen LogP contribution in [0.2, 0.25) is 5.02 Å². The van der Waals surface area contributed by atoms with Gasteiger partial charge in [0.15, 0.2) is 9.84 Å². The second kappa shape index (κ2) is 7.35. The number of amides is 1. The van der Waals surface area contributed by atoms with Gasteiger partial charge in [0.25, 0.3) is 5.91 Å². The van der Waals surface area contributed by atoms with Gasteiger partial charge in [-0.3, -0.25) is 4.79 Å². The van der Waals surface area contributed by atoms with E-state index < -0.39 is 21.6 Å². The fourth-order valence-electron chi connectivity index (χ4n) is 2.57. The highest BCUT2D eigenvalue weighted by Gasteiger charge is 2.29. The molecule has 0 saturated carbocycles. The van der Waals surface area contributed by atoms with E-state index in [0.717, 1.165) is 6.07 Å². The number of thioether (sulfide) groups is 1. The Morgan fingerprint density at radius 2 is 2.00 bits per heavy atom. The van der Waals surface area contributed by atoms with E-state index in [2.05, 4.69) is 5.32 Å². The van der Waals surface area contributed by atoms with E-state index in [0.29, 0.717) is 16.9 Å². The number of carbonyl (C=O) groups is 1. The number of halogens is 2. The van der Waals surface area contributed by atoms with Gasteiger partial charge in [-0.15, -0.1) is 11.8 Å². The maximum absolute atomic E-state index is 13.9. The molecule has 1 amide bonds. The molecular weight excluding hydrogens is 385 g/mol. The SMILES string of the molecule is O=C(Nc1ccc(Cl)cc1F)c1ccccc1S[C@H]1CCS(=O)(=O)C1. The fraction of sp³-hybridized carbons (Fsp3) is 0.235. The van der Waals surface area contributed by atoms with Crippen LogP contribution in [0, 0.1) is 5.82 Å². The topological polar surface area (TPSA) is 63.2 Å². The minimum absolute atomic E-state index is 0.0395. The van der Waals surface area contributed by atoms with Gasteiger partial charge in [0.1, 0.15) is 5.82 Å². The number of nitrogens with one attached hydrogen (secondary N) is 1. The van der Waals surface area contributed by atoms with Crippen molar-refractivity contribution in [2.75, 3.05) is 16.8 Å². The molecule has 8 heteroatoms. The van der Waals surface area contributed by atoms with E-state index in [1.807, 2.05) is 0 Å². The molecule has 1 fully saturated rings. The minimum atomic E-state index is -2.99. The summed E-state index contributed by atoms with van der Waals surface area (Å²) < 4.78 is 37.1. The molecule has 0 spiro atoms. The summed E-state index contributed by atoms with van der Waals surface area (Å²) in [6.07, 6.45) is 0.564. The lowest BCUT2D eigenvalue weighted by atomic mass is 10.2. The van der Waals surface area contributed by atoms with Gasteiger partial charge in [0.05, 0.1) is 22.8 Å². The van der Waals surface area contributed by atoms with Gasteiger partial charge < -0.3 is 5.32 Å². The first-order valence-corrected chi connectivity index (χ1v) is 10.6. The first-order valence-electron chi connectivity index (χ1n) is 7.56. The van der Waals surface area contributed by atoms with E-state index in [9.17, 15) is 17.6 Å². The Labute approximate surface area is 154 Å². The zero-order chi connectivity index (χ0) is 18.0. The molecule has 4 nitrogen and oxygen atoms in total. The zero-order valence-corrected chi connectivity index (χ0v) is 15.4. The number of rotatable bonds is 4. The molecule has 0 unspecified atom stereocenters. The van der Waals surface area contributed by atoms with Crippen molar-refractivity contribution in [3.05, 3.63) is 58.9 Å². The van der Waals surface area contributed by atoms with Crippen molar-refractivity contribution in [1.82, 2.24) is 0 Å². The van der Waals surface area contributed by atoms with Gasteiger partial charge in [-0.05, 0) is 36.8 Å². The van der Waals surface area contributed by atoms with E-state index in [1.165, 1.54) is 23.9 Å². The molecule has 25 heavy (non-hydrogen) atoms. The summed E-state index contributed by atoms with van der Waals surface area (Å²) in [6, 6.07) is 10.9. The predicted molar refractivity (Wildman–Crippen MR) is 98.7 cm³/mol. The minimum Gasteiger partial charge on any atom is -0.319 e. The molecule has 0 aromatic heterocycles. The summed E-state index contributed by atoms with van der Waals surface area (Å²) in [5.74, 6) is -0.785. The Kier molecular flexibility index (Phi) is 5.36. The molecular formula is C17H15ClFNO3S2. The third-order valence-corrected chi connectivity index (χ3v) is 7.35. The summed E-state index contributed by atoms with van der Waals surface area (Å²) in [4.78, 5) is 13.2. The second-order valence-corrected chi connectivity index (χ2v) is 9.72. The van der Waals surface area contributed by atoms with Crippen LogP contribution in [0.25, 0.3) is 0 Å². The van der Waals surface area contributed by atoms with Crippen LogP contribution in [-0.2, 0) is 9.84 Å². The predicted octanol–water partition coefficient (Wildman–Crippen LogP) is 4.01. The number of hydrogen-bond donors (Lipinski definition) is 1. The maximum Gasteiger partial charge on any atom is 0.256 e. The molecule has 1 aliphatic heterocycles. The molecule has 0 aliphatic carbocycles. The summed E-state index contributed by atoms with van der Waals surface area (Å²) in [7, 11) is -2.99. The average molecular weight is 400 g/mol. The summed E-state index contributed by atoms with van der Waals surface area (Å²) >= 11 is 7.08. The molecule has 1 atom stereocenters. The fourth-order valence-corrected chi connectivity index (χ4v) is 6.36. The highest BCUT2D eigenvalue weighted by atomic mass is 35.5. The van der Waals surface area contributed by atoms with Gasteiger partial charge in [-0.2, -0.15) is 0 Å². The molecule has 1 aliphatic rings. The Morgan fingerprint density at radius 1 is 1.24 bits per heavy atom. The van der Waals surface area contributed by atoms with Crippen LogP contribution in [0.5, 0.6) is 0 Å². The first kappa shape index (κ1) is 18.2. The van der Waals surface area contributed by atoms with Gasteiger partial charge >= 0.3 is 0 Å². The third-order valence-electron chi connectivity index (χ3n) is 3.80. The number of hydrogen-bond acceptors (Lipinski definition) is 4. The molecule has 0 radical (unpaired) electrons. The zero-order valence-electron chi connectivity index (χ0n) is 13.0. The van der Waals surface area contributed by atoms with E-state index in [4.69, 9.17) is 11.6 Å². The van der Waals surface area contributed by atoms with Crippen molar-refractivity contribution < 1.29 is 17.6 Å². The standard InChI is InChI=1S/C17H15ClFNO3S2/c18-11-5-6-15(14(19)9-11)20-17(21)13-3-1-2-4-16(13)24-12-7-8-25(22,23)10-12/h1-6,9,12H,7-8,10H2,(H,20,21)/t12-/m0/s1. The summed E-state index contributed by atoms with van der Waals surface area (Å²) in [6.45, 7) is 0. The summed E-state index contributed by atoms with van der Waals surface area (Å²) in [5.41, 5.74) is 0.420. The van der Waals surface area contributed by atoms with Crippen molar-refractivity contribution in [1.29, 1.82) is 0 Å². The van der Waals surface area contributed by atoms with Gasteiger partial charge in [0, 0.05) is 15.2 Å². The normalized spacial score (nSPS) is 18.9. The second-order valence-electron chi connectivity index (χ2n) is 5.72. The molecule has 1 heterocycles. The number of benzene rings is 2. The van der Waals surface area contributed by atoms with Crippen LogP contribution >= 0.6 is 23.4 Å². The van der Waals surface area contributed by atoms with Gasteiger partial charge in [0.2, 0.25) is 0 Å². The van der Waals surface area contributed by atoms with Crippen LogP contribution in [0.15, 0.2) is 47.4 Å². The maximum atomic E-state index is 13.9. The van der Waals surface area contributed by atoms with Crippen LogP contribution in [0.4, 0.5) is 10.1 Å². The van der Waals surface area contributed by atoms with Crippen molar-refractivity contribution >= 4 is 44.8 Å². The lowest BCUT2D eigenvalue weighted by Gasteiger charge is -2.13. The molecule has 132 valence electrons. The van der Waals surface area contributed by atoms with Crippen molar-refractivity contribution in [3.8, 4) is 0 Å². The number of carbonyl (C=O) groups excluding carboxylic acids is 1. The molecule has 1 N–H and O–H groups in total. The van der Waals surface area contributed by atoms with E-state index in [-0.39, 0.29) is 27.5 Å². The van der Waals surface area contributed by atoms with E-state index in [1.54, 1.807) is 24.3 Å². The lowest BCUT2D eigenvalue weighted by molar-refractivity contribution is 0.102. The van der Waals surface area contributed by atoms with Gasteiger partial charge in [-0.25, -0.2) is 12.8 Å². The Bertz CT molecular complexity index is 918. The Balaban J connectivity index is 1.79. The third kappa shape index (κ3) is 4.54. The van der Waals surface area contributed by atoms with Crippen molar-refractivity contribution in [2.24, 2.45) is 0 Å². The summed E-state index contributed by atoms with van der Waals surface area (Å²) in [5, 5.41) is 2.70. The number of sulfone groups is 1. The monoisotopic (exact) mass is 399 g/mol. The van der Waals surface area contributed by atoms with Crippen LogP contribution in [0.1, 0.15) is 16.8 Å². The van der Waals surface area contributed by atoms with Crippen molar-refractivity contribution in [2.45, 2.75) is 16.6 Å². The van der Waals surface area contributed by atoms with E-state index >= 15 is 0 Å².